The molecular weight excluding hydrogens is 351 g/mol. The van der Waals surface area contributed by atoms with Gasteiger partial charge in [-0.3, -0.25) is 4.79 Å². The molecule has 1 aliphatic heterocycles. The molecule has 1 atom stereocenters. The largest absolute Gasteiger partial charge is 0.445 e. The summed E-state index contributed by atoms with van der Waals surface area (Å²) >= 11 is 0. The van der Waals surface area contributed by atoms with Crippen LogP contribution in [0.3, 0.4) is 0 Å². The maximum atomic E-state index is 15.1. The van der Waals surface area contributed by atoms with Gasteiger partial charge in [0.05, 0.1) is 23.3 Å². The lowest BCUT2D eigenvalue weighted by Crippen LogP contribution is -2.42. The molecule has 1 saturated heterocycles. The number of carbonyl (C=O) groups is 2. The lowest BCUT2D eigenvalue weighted by Gasteiger charge is -2.34. The molecule has 140 valence electrons. The Morgan fingerprint density at radius 2 is 2.04 bits per heavy atom. The summed E-state index contributed by atoms with van der Waals surface area (Å²) in [6.07, 6.45) is 0.131. The van der Waals surface area contributed by atoms with Crippen LogP contribution in [0.4, 0.5) is 14.9 Å². The highest BCUT2D eigenvalue weighted by Gasteiger charge is 2.28. The number of ether oxygens (including phenoxy) is 1. The number of hydrogen-bond acceptors (Lipinski definition) is 4. The zero-order chi connectivity index (χ0) is 19.1. The van der Waals surface area contributed by atoms with E-state index in [2.05, 4.69) is 4.98 Å². The van der Waals surface area contributed by atoms with E-state index in [9.17, 15) is 9.59 Å². The fraction of sp³-hybridized carbons (Fsp3) is 0.263. The van der Waals surface area contributed by atoms with E-state index in [1.165, 1.54) is 0 Å². The number of halogens is 1. The van der Waals surface area contributed by atoms with Crippen LogP contribution in [-0.2, 0) is 4.74 Å². The number of anilines is 1. The summed E-state index contributed by atoms with van der Waals surface area (Å²) in [6.45, 7) is 0.921. The van der Waals surface area contributed by atoms with Crippen LogP contribution >= 0.6 is 0 Å². The van der Waals surface area contributed by atoms with Crippen molar-refractivity contribution in [1.82, 2.24) is 4.98 Å². The Labute approximate surface area is 154 Å². The van der Waals surface area contributed by atoms with Crippen LogP contribution in [0.1, 0.15) is 23.2 Å². The van der Waals surface area contributed by atoms with Crippen molar-refractivity contribution in [3.8, 4) is 0 Å². The van der Waals surface area contributed by atoms with Gasteiger partial charge < -0.3 is 26.1 Å². The second-order valence-electron chi connectivity index (χ2n) is 6.69. The Kier molecular flexibility index (Phi) is 4.10. The number of primary amides is 2. The molecule has 0 spiro atoms. The maximum absolute atomic E-state index is 15.1. The summed E-state index contributed by atoms with van der Waals surface area (Å²) in [4.78, 5) is 28.0. The molecule has 4 rings (SSSR count). The van der Waals surface area contributed by atoms with Crippen molar-refractivity contribution in [1.29, 1.82) is 0 Å². The number of H-pyrrole nitrogens is 1. The van der Waals surface area contributed by atoms with Crippen LogP contribution in [0.5, 0.6) is 0 Å². The van der Waals surface area contributed by atoms with E-state index in [0.717, 1.165) is 23.4 Å². The molecule has 0 unspecified atom stereocenters. The first-order chi connectivity index (χ1) is 13.0. The minimum atomic E-state index is -0.844. The highest BCUT2D eigenvalue weighted by Crippen LogP contribution is 2.39. The van der Waals surface area contributed by atoms with Crippen molar-refractivity contribution >= 4 is 39.5 Å². The van der Waals surface area contributed by atoms with Crippen molar-refractivity contribution in [2.24, 2.45) is 11.5 Å². The van der Waals surface area contributed by atoms with Crippen molar-refractivity contribution in [3.05, 3.63) is 41.7 Å². The molecule has 1 fully saturated rings. The average molecular weight is 370 g/mol. The summed E-state index contributed by atoms with van der Waals surface area (Å²) in [5.74, 6) is -1.24. The molecule has 2 amide bonds. The number of para-hydroxylation sites is 1. The molecule has 0 aliphatic carbocycles. The Hall–Kier alpha value is -3.29. The minimum absolute atomic E-state index is 0.101. The number of amides is 2. The summed E-state index contributed by atoms with van der Waals surface area (Å²) in [5.41, 5.74) is 12.3. The van der Waals surface area contributed by atoms with Crippen LogP contribution in [0.25, 0.3) is 21.8 Å². The number of nitrogens with one attached hydrogen (secondary N) is 1. The molecule has 2 heterocycles. The third kappa shape index (κ3) is 2.92. The molecule has 2 aromatic carbocycles. The number of fused-ring (bicyclic) bond motifs is 3. The van der Waals surface area contributed by atoms with Gasteiger partial charge in [0, 0.05) is 22.8 Å². The number of nitrogens with two attached hydrogens (primary N) is 2. The lowest BCUT2D eigenvalue weighted by atomic mass is 10.0. The molecule has 0 bridgehead atoms. The fourth-order valence-corrected chi connectivity index (χ4v) is 3.88. The third-order valence-corrected chi connectivity index (χ3v) is 4.95. The van der Waals surface area contributed by atoms with Gasteiger partial charge in [-0.1, -0.05) is 18.2 Å². The zero-order valence-electron chi connectivity index (χ0n) is 14.5. The predicted molar refractivity (Wildman–Crippen MR) is 100 cm³/mol. The van der Waals surface area contributed by atoms with E-state index in [-0.39, 0.29) is 5.56 Å². The van der Waals surface area contributed by atoms with Gasteiger partial charge in [-0.2, -0.15) is 0 Å². The third-order valence-electron chi connectivity index (χ3n) is 4.95. The van der Waals surface area contributed by atoms with E-state index >= 15 is 4.39 Å². The Balaban J connectivity index is 1.92. The van der Waals surface area contributed by atoms with Gasteiger partial charge in [0.25, 0.3) is 5.91 Å². The van der Waals surface area contributed by atoms with Crippen molar-refractivity contribution < 1.29 is 18.7 Å². The number of hydrogen-bond donors (Lipinski definition) is 3. The predicted octanol–water partition coefficient (Wildman–Crippen LogP) is 2.62. The molecule has 0 saturated carbocycles. The van der Waals surface area contributed by atoms with Crippen LogP contribution in [0.15, 0.2) is 30.3 Å². The molecule has 5 N–H and O–H groups in total. The molecule has 0 radical (unpaired) electrons. The van der Waals surface area contributed by atoms with Gasteiger partial charge >= 0.3 is 6.09 Å². The topological polar surface area (TPSA) is 114 Å². The number of carbonyl (C=O) groups excluding carboxylic acids is 2. The monoisotopic (exact) mass is 370 g/mol. The first-order valence-electron chi connectivity index (χ1n) is 8.69. The van der Waals surface area contributed by atoms with Crippen LogP contribution in [-0.4, -0.2) is 36.2 Å². The normalized spacial score (nSPS) is 17.4. The highest BCUT2D eigenvalue weighted by molar-refractivity contribution is 6.19. The SMILES string of the molecule is NC(=O)O[C@H]1CCCN(c2c(F)cc(C(N)=O)c3[nH]c4ccccc4c23)C1. The number of aromatic nitrogens is 1. The van der Waals surface area contributed by atoms with Gasteiger partial charge in [0.1, 0.15) is 11.9 Å². The van der Waals surface area contributed by atoms with Gasteiger partial charge in [-0.05, 0) is 25.0 Å². The van der Waals surface area contributed by atoms with Gasteiger partial charge in [0.2, 0.25) is 0 Å². The van der Waals surface area contributed by atoms with E-state index in [1.54, 1.807) is 0 Å². The van der Waals surface area contributed by atoms with Gasteiger partial charge in [0.15, 0.2) is 0 Å². The molecule has 1 aromatic heterocycles. The van der Waals surface area contributed by atoms with Gasteiger partial charge in [-0.15, -0.1) is 0 Å². The van der Waals surface area contributed by atoms with Gasteiger partial charge in [-0.25, -0.2) is 9.18 Å². The second-order valence-corrected chi connectivity index (χ2v) is 6.69. The van der Waals surface area contributed by atoms with Crippen molar-refractivity contribution in [3.63, 3.8) is 0 Å². The number of aromatic amines is 1. The summed E-state index contributed by atoms with van der Waals surface area (Å²) in [7, 11) is 0. The molecular formula is C19H19FN4O3. The summed E-state index contributed by atoms with van der Waals surface area (Å²) in [6, 6.07) is 8.59. The first kappa shape index (κ1) is 17.1. The number of nitrogens with zero attached hydrogens (tertiary/aromatic N) is 1. The number of benzene rings is 2. The Morgan fingerprint density at radius 3 is 2.78 bits per heavy atom. The van der Waals surface area contributed by atoms with Crippen LogP contribution in [0.2, 0.25) is 0 Å². The Bertz CT molecular complexity index is 1060. The first-order valence-corrected chi connectivity index (χ1v) is 8.69. The summed E-state index contributed by atoms with van der Waals surface area (Å²) < 4.78 is 20.2. The highest BCUT2D eigenvalue weighted by atomic mass is 19.1. The van der Waals surface area contributed by atoms with Crippen LogP contribution in [0, 0.1) is 5.82 Å². The number of rotatable bonds is 3. The van der Waals surface area contributed by atoms with E-state index in [0.29, 0.717) is 36.1 Å². The quantitative estimate of drug-likeness (QED) is 0.657. The van der Waals surface area contributed by atoms with E-state index in [1.807, 2.05) is 29.2 Å². The smallest absolute Gasteiger partial charge is 0.404 e. The fourth-order valence-electron chi connectivity index (χ4n) is 3.88. The number of piperidine rings is 1. The van der Waals surface area contributed by atoms with Crippen molar-refractivity contribution in [2.75, 3.05) is 18.0 Å². The summed E-state index contributed by atoms with van der Waals surface area (Å²) in [5, 5.41) is 1.39. The molecule has 27 heavy (non-hydrogen) atoms. The Morgan fingerprint density at radius 1 is 1.26 bits per heavy atom. The van der Waals surface area contributed by atoms with E-state index in [4.69, 9.17) is 16.2 Å². The average Bonchev–Trinajstić information content (AvgIpc) is 3.00. The maximum Gasteiger partial charge on any atom is 0.404 e. The molecule has 7 nitrogen and oxygen atoms in total. The molecule has 8 heteroatoms. The second kappa shape index (κ2) is 6.46. The zero-order valence-corrected chi connectivity index (χ0v) is 14.5. The molecule has 3 aromatic rings. The lowest BCUT2D eigenvalue weighted by molar-refractivity contribution is 0.0962. The minimum Gasteiger partial charge on any atom is -0.445 e. The van der Waals surface area contributed by atoms with Crippen LogP contribution < -0.4 is 16.4 Å². The standard InChI is InChI=1S/C19H19FN4O3/c20-13-8-12(18(21)25)16-15(11-5-1-2-6-14(11)23-16)17(13)24-7-3-4-10(9-24)27-19(22)26/h1-2,5-6,8,10,23H,3-4,7,9H2,(H2,21,25)(H2,22,26)/t10-/m0/s1. The van der Waals surface area contributed by atoms with E-state index < -0.39 is 23.9 Å². The molecule has 1 aliphatic rings. The van der Waals surface area contributed by atoms with Crippen molar-refractivity contribution in [2.45, 2.75) is 18.9 Å².